The van der Waals surface area contributed by atoms with Crippen LogP contribution < -0.4 is 18.9 Å². The van der Waals surface area contributed by atoms with Crippen LogP contribution in [0.2, 0.25) is 0 Å². The second-order valence-corrected chi connectivity index (χ2v) is 6.06. The molecule has 140 valence electrons. The van der Waals surface area contributed by atoms with Gasteiger partial charge in [-0.15, -0.1) is 0 Å². The molecule has 3 rings (SSSR count). The van der Waals surface area contributed by atoms with E-state index in [1.165, 1.54) is 5.57 Å². The summed E-state index contributed by atoms with van der Waals surface area (Å²) >= 11 is 0. The Labute approximate surface area is 160 Å². The van der Waals surface area contributed by atoms with Crippen LogP contribution in [0.4, 0.5) is 0 Å². The van der Waals surface area contributed by atoms with Gasteiger partial charge >= 0.3 is 0 Å². The van der Waals surface area contributed by atoms with Crippen LogP contribution in [0.3, 0.4) is 0 Å². The van der Waals surface area contributed by atoms with Gasteiger partial charge in [0, 0.05) is 11.6 Å². The van der Waals surface area contributed by atoms with Gasteiger partial charge in [0.25, 0.3) is 0 Å². The number of allylic oxidation sites excluding steroid dienone is 5. The number of methoxy groups -OCH3 is 4. The van der Waals surface area contributed by atoms with Crippen molar-refractivity contribution in [2.24, 2.45) is 0 Å². The van der Waals surface area contributed by atoms with Gasteiger partial charge < -0.3 is 18.9 Å². The van der Waals surface area contributed by atoms with Crippen LogP contribution in [0.1, 0.15) is 17.5 Å². The third kappa shape index (κ3) is 4.00. The minimum atomic E-state index is 0.638. The summed E-state index contributed by atoms with van der Waals surface area (Å²) in [5, 5.41) is 0. The van der Waals surface area contributed by atoms with Crippen molar-refractivity contribution >= 4 is 11.6 Å². The SMILES string of the molecule is COc1ccc(/C(=C/c2cc(OC)c(OC)cc2OC)C2=CC=CC2)cc1. The van der Waals surface area contributed by atoms with Crippen LogP contribution in [-0.2, 0) is 0 Å². The van der Waals surface area contributed by atoms with Crippen molar-refractivity contribution in [3.8, 4) is 23.0 Å². The molecule has 2 aromatic carbocycles. The predicted molar refractivity (Wildman–Crippen MR) is 109 cm³/mol. The summed E-state index contributed by atoms with van der Waals surface area (Å²) in [5.74, 6) is 2.86. The maximum atomic E-state index is 5.59. The molecule has 4 heteroatoms. The van der Waals surface area contributed by atoms with Crippen LogP contribution >= 0.6 is 0 Å². The number of hydrogen-bond acceptors (Lipinski definition) is 4. The van der Waals surface area contributed by atoms with Crippen LogP contribution in [0.15, 0.2) is 60.2 Å². The zero-order valence-corrected chi connectivity index (χ0v) is 16.1. The Bertz CT molecular complexity index is 889. The molecule has 27 heavy (non-hydrogen) atoms. The fourth-order valence-electron chi connectivity index (χ4n) is 3.10. The third-order valence-corrected chi connectivity index (χ3v) is 4.55. The molecule has 0 unspecified atom stereocenters. The molecule has 0 amide bonds. The van der Waals surface area contributed by atoms with Crippen LogP contribution in [0.25, 0.3) is 11.6 Å². The lowest BCUT2D eigenvalue weighted by atomic mass is 9.94. The highest BCUT2D eigenvalue weighted by Gasteiger charge is 2.14. The van der Waals surface area contributed by atoms with E-state index in [-0.39, 0.29) is 0 Å². The Balaban J connectivity index is 2.12. The van der Waals surface area contributed by atoms with Crippen molar-refractivity contribution in [3.63, 3.8) is 0 Å². The first-order chi connectivity index (χ1) is 13.2. The highest BCUT2D eigenvalue weighted by atomic mass is 16.5. The van der Waals surface area contributed by atoms with Gasteiger partial charge in [0.1, 0.15) is 11.5 Å². The van der Waals surface area contributed by atoms with Gasteiger partial charge in [-0.2, -0.15) is 0 Å². The minimum absolute atomic E-state index is 0.638. The quantitative estimate of drug-likeness (QED) is 0.637. The Morgan fingerprint density at radius 1 is 0.815 bits per heavy atom. The molecule has 0 fully saturated rings. The first-order valence-corrected chi connectivity index (χ1v) is 8.72. The van der Waals surface area contributed by atoms with Crippen molar-refractivity contribution in [2.45, 2.75) is 6.42 Å². The first-order valence-electron chi connectivity index (χ1n) is 8.72. The monoisotopic (exact) mass is 364 g/mol. The lowest BCUT2D eigenvalue weighted by Gasteiger charge is -2.15. The molecule has 0 radical (unpaired) electrons. The molecule has 0 bridgehead atoms. The predicted octanol–water partition coefficient (Wildman–Crippen LogP) is 5.15. The zero-order chi connectivity index (χ0) is 19.2. The van der Waals surface area contributed by atoms with E-state index in [1.54, 1.807) is 28.4 Å². The van der Waals surface area contributed by atoms with E-state index in [1.807, 2.05) is 24.3 Å². The average molecular weight is 364 g/mol. The smallest absolute Gasteiger partial charge is 0.164 e. The average Bonchev–Trinajstić information content (AvgIpc) is 3.26. The standard InChI is InChI=1S/C23H24O4/c1-24-19-11-9-17(10-12-19)20(16-7-5-6-8-16)13-18-14-22(26-3)23(27-4)15-21(18)25-2/h5-7,9-15H,8H2,1-4H3/b20-13+. The fraction of sp³-hybridized carbons (Fsp3) is 0.217. The van der Waals surface area contributed by atoms with Crippen LogP contribution in [-0.4, -0.2) is 28.4 Å². The van der Waals surface area contributed by atoms with Gasteiger partial charge in [-0.25, -0.2) is 0 Å². The molecular weight excluding hydrogens is 340 g/mol. The van der Waals surface area contributed by atoms with Gasteiger partial charge in [0.05, 0.1) is 28.4 Å². The lowest BCUT2D eigenvalue weighted by molar-refractivity contribution is 0.348. The summed E-state index contributed by atoms with van der Waals surface area (Å²) < 4.78 is 21.7. The molecule has 0 heterocycles. The lowest BCUT2D eigenvalue weighted by Crippen LogP contribution is -1.96. The normalized spacial score (nSPS) is 13.3. The highest BCUT2D eigenvalue weighted by molar-refractivity contribution is 5.93. The van der Waals surface area contributed by atoms with E-state index < -0.39 is 0 Å². The van der Waals surface area contributed by atoms with Crippen molar-refractivity contribution < 1.29 is 18.9 Å². The summed E-state index contributed by atoms with van der Waals surface area (Å²) in [4.78, 5) is 0. The van der Waals surface area contributed by atoms with E-state index in [2.05, 4.69) is 36.4 Å². The molecule has 0 saturated carbocycles. The van der Waals surface area contributed by atoms with Crippen molar-refractivity contribution in [2.75, 3.05) is 28.4 Å². The molecular formula is C23H24O4. The van der Waals surface area contributed by atoms with Crippen molar-refractivity contribution in [1.29, 1.82) is 0 Å². The largest absolute Gasteiger partial charge is 0.497 e. The summed E-state index contributed by atoms with van der Waals surface area (Å²) in [6.07, 6.45) is 9.40. The Kier molecular flexibility index (Phi) is 5.87. The number of hydrogen-bond donors (Lipinski definition) is 0. The number of ether oxygens (including phenoxy) is 4. The van der Waals surface area contributed by atoms with Gasteiger partial charge in [0.2, 0.25) is 0 Å². The molecule has 0 saturated heterocycles. The van der Waals surface area contributed by atoms with Gasteiger partial charge in [-0.1, -0.05) is 30.4 Å². The molecule has 0 N–H and O–H groups in total. The van der Waals surface area contributed by atoms with E-state index in [0.717, 1.165) is 34.6 Å². The molecule has 0 aliphatic heterocycles. The zero-order valence-electron chi connectivity index (χ0n) is 16.1. The van der Waals surface area contributed by atoms with E-state index in [9.17, 15) is 0 Å². The molecule has 0 aromatic heterocycles. The van der Waals surface area contributed by atoms with Crippen molar-refractivity contribution in [1.82, 2.24) is 0 Å². The van der Waals surface area contributed by atoms with Gasteiger partial charge in [0.15, 0.2) is 11.5 Å². The molecule has 0 spiro atoms. The molecule has 0 atom stereocenters. The Morgan fingerprint density at radius 3 is 2.04 bits per heavy atom. The topological polar surface area (TPSA) is 36.9 Å². The number of benzene rings is 2. The third-order valence-electron chi connectivity index (χ3n) is 4.55. The van der Waals surface area contributed by atoms with E-state index in [4.69, 9.17) is 18.9 Å². The second-order valence-electron chi connectivity index (χ2n) is 6.06. The summed E-state index contributed by atoms with van der Waals surface area (Å²) in [6.45, 7) is 0. The van der Waals surface area contributed by atoms with Crippen LogP contribution in [0, 0.1) is 0 Å². The Hall–Kier alpha value is -3.14. The van der Waals surface area contributed by atoms with E-state index >= 15 is 0 Å². The second kappa shape index (κ2) is 8.49. The minimum Gasteiger partial charge on any atom is -0.497 e. The highest BCUT2D eigenvalue weighted by Crippen LogP contribution is 2.38. The summed E-state index contributed by atoms with van der Waals surface area (Å²) in [7, 11) is 6.57. The molecule has 1 aliphatic carbocycles. The number of rotatable bonds is 7. The molecule has 2 aromatic rings. The first kappa shape index (κ1) is 18.6. The fourth-order valence-corrected chi connectivity index (χ4v) is 3.10. The maximum Gasteiger partial charge on any atom is 0.164 e. The van der Waals surface area contributed by atoms with E-state index in [0.29, 0.717) is 11.5 Å². The van der Waals surface area contributed by atoms with Gasteiger partial charge in [-0.05, 0) is 47.4 Å². The summed E-state index contributed by atoms with van der Waals surface area (Å²) in [5.41, 5.74) is 4.42. The molecule has 1 aliphatic rings. The maximum absolute atomic E-state index is 5.59. The van der Waals surface area contributed by atoms with Crippen LogP contribution in [0.5, 0.6) is 23.0 Å². The van der Waals surface area contributed by atoms with Crippen molar-refractivity contribution in [3.05, 3.63) is 71.3 Å². The summed E-state index contributed by atoms with van der Waals surface area (Å²) in [6, 6.07) is 11.9. The molecule has 4 nitrogen and oxygen atoms in total. The van der Waals surface area contributed by atoms with Gasteiger partial charge in [-0.3, -0.25) is 0 Å². The Morgan fingerprint density at radius 2 is 1.48 bits per heavy atom.